The Labute approximate surface area is 133 Å². The summed E-state index contributed by atoms with van der Waals surface area (Å²) in [4.78, 5) is 14.7. The van der Waals surface area contributed by atoms with Crippen molar-refractivity contribution in [1.82, 2.24) is 10.2 Å². The zero-order valence-corrected chi connectivity index (χ0v) is 13.3. The molecule has 5 nitrogen and oxygen atoms in total. The molecule has 0 aliphatic carbocycles. The van der Waals surface area contributed by atoms with E-state index in [-0.39, 0.29) is 11.9 Å². The van der Waals surface area contributed by atoms with Crippen LogP contribution in [0.5, 0.6) is 0 Å². The Balaban J connectivity index is 1.69. The Hall–Kier alpha value is -1.63. The molecule has 116 valence electrons. The molecule has 1 aromatic carbocycles. The Bertz CT molecular complexity index is 727. The maximum atomic E-state index is 12.7. The lowest BCUT2D eigenvalue weighted by atomic mass is 10.1. The third kappa shape index (κ3) is 2.27. The molecule has 22 heavy (non-hydrogen) atoms. The quantitative estimate of drug-likeness (QED) is 0.847. The van der Waals surface area contributed by atoms with Crippen LogP contribution in [0.4, 0.5) is 5.00 Å². The van der Waals surface area contributed by atoms with Gasteiger partial charge in [-0.2, -0.15) is 0 Å². The summed E-state index contributed by atoms with van der Waals surface area (Å²) in [7, 11) is 0. The van der Waals surface area contributed by atoms with Gasteiger partial charge in [-0.3, -0.25) is 10.1 Å². The van der Waals surface area contributed by atoms with Crippen molar-refractivity contribution in [3.63, 3.8) is 0 Å². The van der Waals surface area contributed by atoms with Crippen LogP contribution in [0.3, 0.4) is 0 Å². The zero-order chi connectivity index (χ0) is 15.1. The average molecular weight is 317 g/mol. The zero-order valence-electron chi connectivity index (χ0n) is 12.5. The maximum absolute atomic E-state index is 12.7. The minimum Gasteiger partial charge on any atom is -0.377 e. The number of rotatable bonds is 1. The van der Waals surface area contributed by atoms with Crippen molar-refractivity contribution in [2.45, 2.75) is 19.5 Å². The Morgan fingerprint density at radius 1 is 1.45 bits per heavy atom. The number of amides is 1. The fourth-order valence-corrected chi connectivity index (χ4v) is 4.28. The van der Waals surface area contributed by atoms with Crippen LogP contribution in [0.15, 0.2) is 18.2 Å². The lowest BCUT2D eigenvalue weighted by molar-refractivity contribution is 0.00360. The van der Waals surface area contributed by atoms with Crippen LogP contribution in [-0.2, 0) is 11.3 Å². The van der Waals surface area contributed by atoms with E-state index in [4.69, 9.17) is 4.74 Å². The van der Waals surface area contributed by atoms with Crippen molar-refractivity contribution in [2.24, 2.45) is 0 Å². The highest BCUT2D eigenvalue weighted by molar-refractivity contribution is 7.23. The van der Waals surface area contributed by atoms with Crippen LogP contribution in [0.1, 0.15) is 22.8 Å². The molecule has 2 aromatic rings. The van der Waals surface area contributed by atoms with Crippen LogP contribution < -0.4 is 10.6 Å². The third-order valence-corrected chi connectivity index (χ3v) is 5.50. The van der Waals surface area contributed by atoms with E-state index in [0.29, 0.717) is 19.8 Å². The van der Waals surface area contributed by atoms with Gasteiger partial charge in [0, 0.05) is 28.9 Å². The van der Waals surface area contributed by atoms with Crippen LogP contribution in [-0.4, -0.2) is 43.3 Å². The minimum absolute atomic E-state index is 0.107. The number of nitrogens with zero attached hydrogens (tertiary/aromatic N) is 1. The number of fused-ring (bicyclic) bond motifs is 3. The van der Waals surface area contributed by atoms with Crippen LogP contribution in [0.25, 0.3) is 10.1 Å². The normalized spacial score (nSPS) is 21.5. The molecule has 0 spiro atoms. The molecule has 0 saturated carbocycles. The Morgan fingerprint density at radius 3 is 3.23 bits per heavy atom. The van der Waals surface area contributed by atoms with E-state index < -0.39 is 0 Å². The SMILES string of the molecule is C[C@H]1COCCN1C(=O)c1ccc2c3c(sc2c1)NCNC3. The highest BCUT2D eigenvalue weighted by atomic mass is 32.1. The summed E-state index contributed by atoms with van der Waals surface area (Å²) in [5, 5.41) is 9.15. The smallest absolute Gasteiger partial charge is 0.254 e. The lowest BCUT2D eigenvalue weighted by Crippen LogP contribution is -2.47. The summed E-state index contributed by atoms with van der Waals surface area (Å²) >= 11 is 1.73. The van der Waals surface area contributed by atoms with Crippen molar-refractivity contribution >= 4 is 32.3 Å². The molecule has 4 rings (SSSR count). The van der Waals surface area contributed by atoms with Crippen LogP contribution >= 0.6 is 11.3 Å². The number of anilines is 1. The third-order valence-electron chi connectivity index (χ3n) is 4.34. The lowest BCUT2D eigenvalue weighted by Gasteiger charge is -2.33. The van der Waals surface area contributed by atoms with E-state index in [9.17, 15) is 4.79 Å². The van der Waals surface area contributed by atoms with Crippen molar-refractivity contribution in [2.75, 3.05) is 31.7 Å². The second-order valence-electron chi connectivity index (χ2n) is 5.82. The van der Waals surface area contributed by atoms with Gasteiger partial charge >= 0.3 is 0 Å². The van der Waals surface area contributed by atoms with E-state index in [2.05, 4.69) is 16.7 Å². The first-order chi connectivity index (χ1) is 10.7. The molecule has 0 bridgehead atoms. The summed E-state index contributed by atoms with van der Waals surface area (Å²) in [6, 6.07) is 6.20. The van der Waals surface area contributed by atoms with Gasteiger partial charge < -0.3 is 15.0 Å². The van der Waals surface area contributed by atoms with Crippen LogP contribution in [0.2, 0.25) is 0 Å². The summed E-state index contributed by atoms with van der Waals surface area (Å²) in [5.41, 5.74) is 2.08. The number of morpholine rings is 1. The van der Waals surface area contributed by atoms with Gasteiger partial charge in [0.1, 0.15) is 0 Å². The largest absolute Gasteiger partial charge is 0.377 e. The first-order valence-corrected chi connectivity index (χ1v) is 8.44. The van der Waals surface area contributed by atoms with Gasteiger partial charge in [0.05, 0.1) is 30.9 Å². The molecule has 6 heteroatoms. The number of carbonyl (C=O) groups is 1. The topological polar surface area (TPSA) is 53.6 Å². The van der Waals surface area contributed by atoms with E-state index in [1.54, 1.807) is 11.3 Å². The second-order valence-corrected chi connectivity index (χ2v) is 6.88. The van der Waals surface area contributed by atoms with Gasteiger partial charge in [0.15, 0.2) is 0 Å². The van der Waals surface area contributed by atoms with Crippen molar-refractivity contribution in [3.8, 4) is 0 Å². The first-order valence-electron chi connectivity index (χ1n) is 7.63. The van der Waals surface area contributed by atoms with Crippen molar-refractivity contribution in [3.05, 3.63) is 29.3 Å². The number of hydrogen-bond donors (Lipinski definition) is 2. The molecular formula is C16H19N3O2S. The molecule has 3 heterocycles. The van der Waals surface area contributed by atoms with Crippen molar-refractivity contribution < 1.29 is 9.53 Å². The minimum atomic E-state index is 0.107. The molecule has 2 aliphatic rings. The Morgan fingerprint density at radius 2 is 2.36 bits per heavy atom. The van der Waals surface area contributed by atoms with E-state index >= 15 is 0 Å². The van der Waals surface area contributed by atoms with Gasteiger partial charge in [0.25, 0.3) is 5.91 Å². The summed E-state index contributed by atoms with van der Waals surface area (Å²) in [6.45, 7) is 5.64. The molecule has 2 N–H and O–H groups in total. The van der Waals surface area contributed by atoms with E-state index in [1.165, 1.54) is 20.7 Å². The fraction of sp³-hybridized carbons (Fsp3) is 0.438. The standard InChI is InChI=1S/C16H19N3O2S/c1-10-8-21-5-4-19(10)16(20)11-2-3-12-13-7-17-9-18-15(13)22-14(12)6-11/h2-3,6,10,17-18H,4-5,7-9H2,1H3/t10-/m0/s1. The van der Waals surface area contributed by atoms with Crippen LogP contribution in [0, 0.1) is 0 Å². The maximum Gasteiger partial charge on any atom is 0.254 e. The molecular weight excluding hydrogens is 298 g/mol. The number of thiophene rings is 1. The Kier molecular flexibility index (Phi) is 3.52. The number of carbonyl (C=O) groups excluding carboxylic acids is 1. The molecule has 2 aliphatic heterocycles. The molecule has 1 amide bonds. The predicted molar refractivity (Wildman–Crippen MR) is 88.5 cm³/mol. The monoisotopic (exact) mass is 317 g/mol. The van der Waals surface area contributed by atoms with Crippen molar-refractivity contribution in [1.29, 1.82) is 0 Å². The van der Waals surface area contributed by atoms with E-state index in [0.717, 1.165) is 18.8 Å². The molecule has 1 aromatic heterocycles. The summed E-state index contributed by atoms with van der Waals surface area (Å²) in [5.74, 6) is 0.107. The average Bonchev–Trinajstić information content (AvgIpc) is 2.92. The van der Waals surface area contributed by atoms with Gasteiger partial charge in [-0.25, -0.2) is 0 Å². The molecule has 0 radical (unpaired) electrons. The fourth-order valence-electron chi connectivity index (χ4n) is 3.13. The highest BCUT2D eigenvalue weighted by Crippen LogP contribution is 2.37. The predicted octanol–water partition coefficient (Wildman–Crippen LogP) is 2.23. The van der Waals surface area contributed by atoms with Gasteiger partial charge in [-0.15, -0.1) is 11.3 Å². The molecule has 1 saturated heterocycles. The molecule has 1 atom stereocenters. The number of benzene rings is 1. The number of nitrogens with one attached hydrogen (secondary N) is 2. The highest BCUT2D eigenvalue weighted by Gasteiger charge is 2.25. The first kappa shape index (κ1) is 14.0. The number of ether oxygens (including phenoxy) is 1. The number of hydrogen-bond acceptors (Lipinski definition) is 5. The summed E-state index contributed by atoms with van der Waals surface area (Å²) < 4.78 is 6.59. The van der Waals surface area contributed by atoms with Gasteiger partial charge in [-0.1, -0.05) is 6.07 Å². The second kappa shape index (κ2) is 5.53. The van der Waals surface area contributed by atoms with Gasteiger partial charge in [0.2, 0.25) is 0 Å². The van der Waals surface area contributed by atoms with E-state index in [1.807, 2.05) is 24.0 Å². The molecule has 0 unspecified atom stereocenters. The molecule has 1 fully saturated rings. The summed E-state index contributed by atoms with van der Waals surface area (Å²) in [6.07, 6.45) is 0. The van der Waals surface area contributed by atoms with Gasteiger partial charge in [-0.05, 0) is 24.4 Å².